The van der Waals surface area contributed by atoms with E-state index in [1.54, 1.807) is 7.05 Å². The summed E-state index contributed by atoms with van der Waals surface area (Å²) < 4.78 is 0. The molecule has 1 aliphatic heterocycles. The van der Waals surface area contributed by atoms with Crippen LogP contribution in [-0.2, 0) is 9.59 Å². The van der Waals surface area contributed by atoms with Gasteiger partial charge in [0.25, 0.3) is 5.12 Å². The molecular weight excluding hydrogens is 198 g/mol. The number of rotatable bonds is 1. The van der Waals surface area contributed by atoms with E-state index in [1.807, 2.05) is 30.3 Å². The van der Waals surface area contributed by atoms with Crippen molar-refractivity contribution in [2.24, 2.45) is 0 Å². The predicted molar refractivity (Wildman–Crippen MR) is 54.6 cm³/mol. The lowest BCUT2D eigenvalue weighted by molar-refractivity contribution is -0.138. The van der Waals surface area contributed by atoms with Gasteiger partial charge in [-0.1, -0.05) is 30.3 Å². The minimum atomic E-state index is -0.413. The average molecular weight is 207 g/mol. The van der Waals surface area contributed by atoms with E-state index in [0.29, 0.717) is 0 Å². The number of carbonyl (C=O) groups excluding carboxylic acids is 2. The zero-order chi connectivity index (χ0) is 10.1. The monoisotopic (exact) mass is 207 g/mol. The zero-order valence-corrected chi connectivity index (χ0v) is 8.45. The van der Waals surface area contributed by atoms with Crippen molar-refractivity contribution >= 4 is 22.8 Å². The van der Waals surface area contributed by atoms with Gasteiger partial charge in [-0.25, -0.2) is 0 Å². The van der Waals surface area contributed by atoms with Crippen LogP contribution in [0.1, 0.15) is 10.9 Å². The van der Waals surface area contributed by atoms with Crippen LogP contribution >= 0.6 is 11.8 Å². The highest BCUT2D eigenvalue weighted by molar-refractivity contribution is 8.16. The first-order valence-corrected chi connectivity index (χ1v) is 5.11. The SMILES string of the molecule is CN1C(=O)C(=O)SC1c1ccccc1. The summed E-state index contributed by atoms with van der Waals surface area (Å²) in [6.45, 7) is 0. The third-order valence-corrected chi connectivity index (χ3v) is 3.35. The van der Waals surface area contributed by atoms with Crippen molar-refractivity contribution < 1.29 is 9.59 Å². The highest BCUT2D eigenvalue weighted by atomic mass is 32.2. The lowest BCUT2D eigenvalue weighted by Gasteiger charge is -2.17. The fraction of sp³-hybridized carbons (Fsp3) is 0.200. The Morgan fingerprint density at radius 2 is 1.86 bits per heavy atom. The van der Waals surface area contributed by atoms with Gasteiger partial charge in [-0.05, 0) is 17.3 Å². The van der Waals surface area contributed by atoms with E-state index in [1.165, 1.54) is 4.90 Å². The molecule has 14 heavy (non-hydrogen) atoms. The molecule has 0 aliphatic carbocycles. The molecule has 4 heteroatoms. The number of likely N-dealkylation sites (N-methyl/N-ethyl adjacent to an activating group) is 1. The Morgan fingerprint density at radius 3 is 2.36 bits per heavy atom. The van der Waals surface area contributed by atoms with Crippen molar-refractivity contribution in [2.75, 3.05) is 7.05 Å². The molecule has 1 saturated heterocycles. The quantitative estimate of drug-likeness (QED) is 0.653. The van der Waals surface area contributed by atoms with Crippen LogP contribution in [-0.4, -0.2) is 23.0 Å². The molecule has 1 amide bonds. The molecule has 1 fully saturated rings. The number of thioether (sulfide) groups is 1. The van der Waals surface area contributed by atoms with Gasteiger partial charge in [0.15, 0.2) is 0 Å². The Hall–Kier alpha value is -1.29. The molecule has 0 N–H and O–H groups in total. The van der Waals surface area contributed by atoms with Gasteiger partial charge in [0.2, 0.25) is 0 Å². The molecule has 2 rings (SSSR count). The minimum Gasteiger partial charge on any atom is -0.322 e. The van der Waals surface area contributed by atoms with E-state index in [9.17, 15) is 9.59 Å². The van der Waals surface area contributed by atoms with Gasteiger partial charge in [-0.2, -0.15) is 0 Å². The van der Waals surface area contributed by atoms with E-state index < -0.39 is 5.91 Å². The third-order valence-electron chi connectivity index (χ3n) is 2.15. The number of nitrogens with zero attached hydrogens (tertiary/aromatic N) is 1. The molecule has 0 radical (unpaired) electrons. The van der Waals surface area contributed by atoms with Gasteiger partial charge in [0.05, 0.1) is 0 Å². The number of carbonyl (C=O) groups is 2. The number of amides is 1. The lowest BCUT2D eigenvalue weighted by atomic mass is 10.2. The summed E-state index contributed by atoms with van der Waals surface area (Å²) in [5.41, 5.74) is 0.985. The van der Waals surface area contributed by atoms with Crippen LogP contribution in [0.15, 0.2) is 30.3 Å². The maximum absolute atomic E-state index is 11.2. The molecule has 3 nitrogen and oxygen atoms in total. The average Bonchev–Trinajstić information content (AvgIpc) is 2.47. The molecular formula is C10H9NO2S. The van der Waals surface area contributed by atoms with Crippen LogP contribution in [0.2, 0.25) is 0 Å². The van der Waals surface area contributed by atoms with E-state index >= 15 is 0 Å². The molecule has 72 valence electrons. The second-order valence-corrected chi connectivity index (χ2v) is 4.14. The normalized spacial score (nSPS) is 21.8. The van der Waals surface area contributed by atoms with Crippen LogP contribution < -0.4 is 0 Å². The van der Waals surface area contributed by atoms with Crippen molar-refractivity contribution in [2.45, 2.75) is 5.37 Å². The highest BCUT2D eigenvalue weighted by Gasteiger charge is 2.37. The Bertz CT molecular complexity index is 377. The molecule has 1 aliphatic rings. The summed E-state index contributed by atoms with van der Waals surface area (Å²) in [5, 5.41) is -0.530. The Morgan fingerprint density at radius 1 is 1.21 bits per heavy atom. The summed E-state index contributed by atoms with van der Waals surface area (Å²) >= 11 is 1.07. The predicted octanol–water partition coefficient (Wildman–Crippen LogP) is 1.42. The largest absolute Gasteiger partial charge is 0.322 e. The second-order valence-electron chi connectivity index (χ2n) is 3.08. The zero-order valence-electron chi connectivity index (χ0n) is 7.64. The minimum absolute atomic E-state index is 0.156. The van der Waals surface area contributed by atoms with Crippen LogP contribution in [0.3, 0.4) is 0 Å². The van der Waals surface area contributed by atoms with Crippen molar-refractivity contribution in [3.8, 4) is 0 Å². The Kier molecular flexibility index (Phi) is 2.29. The van der Waals surface area contributed by atoms with Gasteiger partial charge in [-0.3, -0.25) is 9.59 Å². The van der Waals surface area contributed by atoms with Gasteiger partial charge in [0, 0.05) is 7.05 Å². The second kappa shape index (κ2) is 3.46. The van der Waals surface area contributed by atoms with Gasteiger partial charge in [-0.15, -0.1) is 0 Å². The van der Waals surface area contributed by atoms with Crippen LogP contribution in [0.4, 0.5) is 0 Å². The standard InChI is InChI=1S/C10H9NO2S/c1-11-8(12)10(13)14-9(11)7-5-3-2-4-6-7/h2-6,9H,1H3. The molecule has 1 heterocycles. The molecule has 1 unspecified atom stereocenters. The van der Waals surface area contributed by atoms with E-state index in [4.69, 9.17) is 0 Å². The van der Waals surface area contributed by atoms with Crippen molar-refractivity contribution in [1.29, 1.82) is 0 Å². The Balaban J connectivity index is 2.30. The summed E-state index contributed by atoms with van der Waals surface area (Å²) in [6.07, 6.45) is 0. The lowest BCUT2D eigenvalue weighted by Crippen LogP contribution is -2.24. The molecule has 1 atom stereocenters. The van der Waals surface area contributed by atoms with Gasteiger partial charge < -0.3 is 4.90 Å². The summed E-state index contributed by atoms with van der Waals surface area (Å²) in [7, 11) is 1.65. The Labute approximate surface area is 86.1 Å². The fourth-order valence-corrected chi connectivity index (χ4v) is 2.39. The molecule has 0 aromatic heterocycles. The first-order valence-electron chi connectivity index (χ1n) is 4.23. The van der Waals surface area contributed by atoms with Gasteiger partial charge in [0.1, 0.15) is 5.37 Å². The van der Waals surface area contributed by atoms with Crippen molar-refractivity contribution in [1.82, 2.24) is 4.90 Å². The summed E-state index contributed by atoms with van der Waals surface area (Å²) in [6, 6.07) is 9.54. The van der Waals surface area contributed by atoms with E-state index in [0.717, 1.165) is 17.3 Å². The molecule has 0 spiro atoms. The number of hydrogen-bond acceptors (Lipinski definition) is 3. The maximum atomic E-state index is 11.2. The van der Waals surface area contributed by atoms with Crippen LogP contribution in [0.5, 0.6) is 0 Å². The van der Waals surface area contributed by atoms with Crippen molar-refractivity contribution in [3.63, 3.8) is 0 Å². The third kappa shape index (κ3) is 1.42. The van der Waals surface area contributed by atoms with Crippen LogP contribution in [0, 0.1) is 0 Å². The van der Waals surface area contributed by atoms with Crippen LogP contribution in [0.25, 0.3) is 0 Å². The van der Waals surface area contributed by atoms with E-state index in [2.05, 4.69) is 0 Å². The molecule has 1 aromatic rings. The first-order chi connectivity index (χ1) is 6.70. The highest BCUT2D eigenvalue weighted by Crippen LogP contribution is 2.37. The van der Waals surface area contributed by atoms with E-state index in [-0.39, 0.29) is 10.5 Å². The van der Waals surface area contributed by atoms with Gasteiger partial charge >= 0.3 is 5.91 Å². The molecule has 0 bridgehead atoms. The number of hydrogen-bond donors (Lipinski definition) is 0. The fourth-order valence-electron chi connectivity index (χ4n) is 1.39. The summed E-state index contributed by atoms with van der Waals surface area (Å²) in [5.74, 6) is -0.413. The topological polar surface area (TPSA) is 37.4 Å². The first kappa shape index (κ1) is 9.27. The number of benzene rings is 1. The molecule has 0 saturated carbocycles. The molecule has 1 aromatic carbocycles. The smallest absolute Gasteiger partial charge is 0.302 e. The summed E-state index contributed by atoms with van der Waals surface area (Å²) in [4.78, 5) is 23.9. The maximum Gasteiger partial charge on any atom is 0.302 e. The van der Waals surface area contributed by atoms with Crippen molar-refractivity contribution in [3.05, 3.63) is 35.9 Å².